The van der Waals surface area contributed by atoms with Gasteiger partial charge in [-0.25, -0.2) is 0 Å². The second kappa shape index (κ2) is 7.69. The molecule has 4 heteroatoms. The number of carboxylic acid groups (broad SMARTS) is 1. The highest BCUT2D eigenvalue weighted by atomic mass is 16.4. The van der Waals surface area contributed by atoms with E-state index in [9.17, 15) is 9.59 Å². The number of carbonyl (C=O) groups is 2. The molecule has 0 heterocycles. The topological polar surface area (TPSA) is 80.4 Å². The van der Waals surface area contributed by atoms with Gasteiger partial charge in [0.05, 0.1) is 12.0 Å². The zero-order valence-electron chi connectivity index (χ0n) is 14.9. The molecular formula is C21H29NO3. The minimum absolute atomic E-state index is 0.211. The van der Waals surface area contributed by atoms with Crippen LogP contribution in [0, 0.1) is 0 Å². The Morgan fingerprint density at radius 3 is 2.40 bits per heavy atom. The standard InChI is InChI=1S/C21H29NO3/c22-21(14-19(23)24)12-11-17-13-16(9-10-18(17)20(21)25)15-7-5-3-1-2-4-6-8-15/h9-10,13,15H,1-8,11-12,14,22H2,(H,23,24)/t21-/m1/s1. The minimum Gasteiger partial charge on any atom is -0.481 e. The number of benzene rings is 1. The van der Waals surface area contributed by atoms with Gasteiger partial charge in [0, 0.05) is 5.56 Å². The van der Waals surface area contributed by atoms with E-state index in [2.05, 4.69) is 12.1 Å². The normalized spacial score (nSPS) is 25.6. The summed E-state index contributed by atoms with van der Waals surface area (Å²) in [6.07, 6.45) is 11.2. The van der Waals surface area contributed by atoms with Crippen molar-refractivity contribution in [2.75, 3.05) is 0 Å². The van der Waals surface area contributed by atoms with Crippen molar-refractivity contribution in [3.05, 3.63) is 34.9 Å². The van der Waals surface area contributed by atoms with Crippen LogP contribution in [-0.2, 0) is 11.2 Å². The van der Waals surface area contributed by atoms with E-state index >= 15 is 0 Å². The predicted octanol–water partition coefficient (Wildman–Crippen LogP) is 4.21. The molecule has 2 aliphatic carbocycles. The third-order valence-electron chi connectivity index (χ3n) is 5.96. The van der Waals surface area contributed by atoms with Gasteiger partial charge in [0.15, 0.2) is 5.78 Å². The Labute approximate surface area is 149 Å². The van der Waals surface area contributed by atoms with Crippen LogP contribution in [0.4, 0.5) is 0 Å². The molecule has 136 valence electrons. The Hall–Kier alpha value is -1.68. The van der Waals surface area contributed by atoms with Crippen LogP contribution in [0.5, 0.6) is 0 Å². The third-order valence-corrected chi connectivity index (χ3v) is 5.96. The van der Waals surface area contributed by atoms with Crippen LogP contribution < -0.4 is 5.73 Å². The Kier molecular flexibility index (Phi) is 5.57. The van der Waals surface area contributed by atoms with E-state index in [-0.39, 0.29) is 12.2 Å². The Bertz CT molecular complexity index is 645. The first-order valence-corrected chi connectivity index (χ1v) is 9.68. The van der Waals surface area contributed by atoms with Gasteiger partial charge in [0.25, 0.3) is 0 Å². The highest BCUT2D eigenvalue weighted by molar-refractivity contribution is 6.06. The molecule has 4 nitrogen and oxygen atoms in total. The summed E-state index contributed by atoms with van der Waals surface area (Å²) in [6, 6.07) is 6.16. The third kappa shape index (κ3) is 4.12. The largest absolute Gasteiger partial charge is 0.481 e. The van der Waals surface area contributed by atoms with Crippen molar-refractivity contribution in [2.24, 2.45) is 5.73 Å². The first-order valence-electron chi connectivity index (χ1n) is 9.68. The first-order chi connectivity index (χ1) is 12.0. The summed E-state index contributed by atoms with van der Waals surface area (Å²) < 4.78 is 0. The number of hydrogen-bond donors (Lipinski definition) is 2. The molecule has 3 N–H and O–H groups in total. The number of rotatable bonds is 3. The van der Waals surface area contributed by atoms with Crippen molar-refractivity contribution in [3.63, 3.8) is 0 Å². The Morgan fingerprint density at radius 2 is 1.76 bits per heavy atom. The van der Waals surface area contributed by atoms with E-state index in [4.69, 9.17) is 10.8 Å². The molecule has 1 fully saturated rings. The summed E-state index contributed by atoms with van der Waals surface area (Å²) in [5.74, 6) is -0.638. The van der Waals surface area contributed by atoms with Gasteiger partial charge < -0.3 is 10.8 Å². The lowest BCUT2D eigenvalue weighted by atomic mass is 9.74. The molecule has 0 saturated heterocycles. The maximum atomic E-state index is 12.7. The van der Waals surface area contributed by atoms with E-state index in [1.165, 1.54) is 56.9 Å². The van der Waals surface area contributed by atoms with Crippen molar-refractivity contribution in [3.8, 4) is 0 Å². The number of fused-ring (bicyclic) bond motifs is 1. The van der Waals surface area contributed by atoms with Crippen LogP contribution in [0.1, 0.15) is 91.6 Å². The fourth-order valence-electron chi connectivity index (χ4n) is 4.44. The smallest absolute Gasteiger partial charge is 0.305 e. The van der Waals surface area contributed by atoms with E-state index in [1.807, 2.05) is 6.07 Å². The average Bonchev–Trinajstić information content (AvgIpc) is 2.71. The second-order valence-corrected chi connectivity index (χ2v) is 7.87. The van der Waals surface area contributed by atoms with Crippen LogP contribution in [0.3, 0.4) is 0 Å². The summed E-state index contributed by atoms with van der Waals surface area (Å²) in [5.41, 5.74) is 7.89. The molecule has 1 aromatic rings. The minimum atomic E-state index is -1.25. The zero-order chi connectivity index (χ0) is 17.9. The van der Waals surface area contributed by atoms with E-state index in [0.717, 1.165) is 5.56 Å². The van der Waals surface area contributed by atoms with Crippen molar-refractivity contribution >= 4 is 11.8 Å². The SMILES string of the molecule is N[C@@]1(CC(=O)O)CCc2cc(C3CCCCCCCC3)ccc2C1=O. The molecule has 0 unspecified atom stereocenters. The summed E-state index contributed by atoms with van der Waals surface area (Å²) >= 11 is 0. The van der Waals surface area contributed by atoms with E-state index in [1.54, 1.807) is 0 Å². The highest BCUT2D eigenvalue weighted by Gasteiger charge is 2.41. The molecule has 0 amide bonds. The van der Waals surface area contributed by atoms with Gasteiger partial charge >= 0.3 is 5.97 Å². The van der Waals surface area contributed by atoms with Gasteiger partial charge in [-0.15, -0.1) is 0 Å². The summed E-state index contributed by atoms with van der Waals surface area (Å²) in [4.78, 5) is 23.8. The summed E-state index contributed by atoms with van der Waals surface area (Å²) in [5, 5.41) is 9.05. The van der Waals surface area contributed by atoms with Gasteiger partial charge in [-0.05, 0) is 42.7 Å². The monoisotopic (exact) mass is 343 g/mol. The number of nitrogens with two attached hydrogens (primary N) is 1. The van der Waals surface area contributed by atoms with Crippen LogP contribution in [0.2, 0.25) is 0 Å². The molecule has 0 aliphatic heterocycles. The average molecular weight is 343 g/mol. The molecular weight excluding hydrogens is 314 g/mol. The molecule has 3 rings (SSSR count). The van der Waals surface area contributed by atoms with Crippen molar-refractivity contribution in [2.45, 2.75) is 82.1 Å². The lowest BCUT2D eigenvalue weighted by Crippen LogP contribution is -2.52. The van der Waals surface area contributed by atoms with Gasteiger partial charge in [-0.1, -0.05) is 56.7 Å². The van der Waals surface area contributed by atoms with Crippen LogP contribution >= 0.6 is 0 Å². The molecule has 1 aromatic carbocycles. The molecule has 2 aliphatic rings. The predicted molar refractivity (Wildman–Crippen MR) is 97.9 cm³/mol. The first kappa shape index (κ1) is 18.1. The number of aryl methyl sites for hydroxylation is 1. The van der Waals surface area contributed by atoms with Crippen molar-refractivity contribution in [1.82, 2.24) is 0 Å². The maximum absolute atomic E-state index is 12.7. The summed E-state index contributed by atoms with van der Waals surface area (Å²) in [7, 11) is 0. The summed E-state index contributed by atoms with van der Waals surface area (Å²) in [6.45, 7) is 0. The number of carboxylic acids is 1. The molecule has 0 radical (unpaired) electrons. The highest BCUT2D eigenvalue weighted by Crippen LogP contribution is 2.35. The van der Waals surface area contributed by atoms with Crippen LogP contribution in [-0.4, -0.2) is 22.4 Å². The lowest BCUT2D eigenvalue weighted by Gasteiger charge is -2.32. The van der Waals surface area contributed by atoms with E-state index < -0.39 is 11.5 Å². The zero-order valence-corrected chi connectivity index (χ0v) is 14.9. The van der Waals surface area contributed by atoms with Crippen LogP contribution in [0.15, 0.2) is 18.2 Å². The Morgan fingerprint density at radius 1 is 1.12 bits per heavy atom. The number of ketones is 1. The van der Waals surface area contributed by atoms with E-state index in [0.29, 0.717) is 24.3 Å². The van der Waals surface area contributed by atoms with Crippen molar-refractivity contribution in [1.29, 1.82) is 0 Å². The van der Waals surface area contributed by atoms with Gasteiger partial charge in [0.2, 0.25) is 0 Å². The quantitative estimate of drug-likeness (QED) is 0.861. The fourth-order valence-corrected chi connectivity index (χ4v) is 4.44. The van der Waals surface area contributed by atoms with Gasteiger partial charge in [-0.2, -0.15) is 0 Å². The molecule has 0 spiro atoms. The number of aliphatic carboxylic acids is 1. The van der Waals surface area contributed by atoms with Gasteiger partial charge in [0.1, 0.15) is 0 Å². The van der Waals surface area contributed by atoms with Crippen molar-refractivity contribution < 1.29 is 14.7 Å². The fraction of sp³-hybridized carbons (Fsp3) is 0.619. The maximum Gasteiger partial charge on any atom is 0.305 e. The lowest BCUT2D eigenvalue weighted by molar-refractivity contribution is -0.138. The molecule has 25 heavy (non-hydrogen) atoms. The molecule has 1 saturated carbocycles. The molecule has 0 bridgehead atoms. The second-order valence-electron chi connectivity index (χ2n) is 7.87. The Balaban J connectivity index is 1.81. The molecule has 0 aromatic heterocycles. The number of carbonyl (C=O) groups excluding carboxylic acids is 1. The van der Waals surface area contributed by atoms with Crippen LogP contribution in [0.25, 0.3) is 0 Å². The molecule has 1 atom stereocenters. The van der Waals surface area contributed by atoms with Gasteiger partial charge in [-0.3, -0.25) is 9.59 Å². The number of hydrogen-bond acceptors (Lipinski definition) is 3. The number of Topliss-reactive ketones (excluding diaryl/α,β-unsaturated/α-hetero) is 1.